The van der Waals surface area contributed by atoms with Crippen LogP contribution < -0.4 is 10.9 Å². The topological polar surface area (TPSA) is 67.2 Å². The summed E-state index contributed by atoms with van der Waals surface area (Å²) in [5.74, 6) is 0.0600. The predicted molar refractivity (Wildman–Crippen MR) is 120 cm³/mol. The average Bonchev–Trinajstić information content (AvgIpc) is 3.37. The molecule has 154 valence electrons. The van der Waals surface area contributed by atoms with E-state index in [-0.39, 0.29) is 29.9 Å². The van der Waals surface area contributed by atoms with Crippen molar-refractivity contribution in [2.24, 2.45) is 0 Å². The number of rotatable bonds is 5. The van der Waals surface area contributed by atoms with Crippen LogP contribution in [0.5, 0.6) is 0 Å². The molecule has 1 aromatic carbocycles. The number of likely N-dealkylation sites (N-methyl/N-ethyl adjacent to an activating group) is 1. The molecule has 1 saturated heterocycles. The molecule has 0 spiro atoms. The maximum Gasteiger partial charge on any atom is 0.262 e. The average molecular weight is 433 g/mol. The number of nitrogens with zero attached hydrogens (tertiary/aromatic N) is 3. The van der Waals surface area contributed by atoms with Gasteiger partial charge in [0.25, 0.3) is 5.56 Å². The van der Waals surface area contributed by atoms with Crippen LogP contribution in [0.4, 0.5) is 0 Å². The second-order valence-electron chi connectivity index (χ2n) is 7.34. The van der Waals surface area contributed by atoms with E-state index in [4.69, 9.17) is 0 Å². The fourth-order valence-corrected chi connectivity index (χ4v) is 4.55. The summed E-state index contributed by atoms with van der Waals surface area (Å²) in [7, 11) is 1.85. The molecule has 1 aliphatic heterocycles. The summed E-state index contributed by atoms with van der Waals surface area (Å²) in [6.45, 7) is 4.17. The van der Waals surface area contributed by atoms with Crippen molar-refractivity contribution in [1.29, 1.82) is 0 Å². The molecule has 2 aromatic heterocycles. The number of aryl methyl sites for hydroxylation is 2. The minimum Gasteiger partial charge on any atom is -0.341 e. The minimum absolute atomic E-state index is 0. The Bertz CT molecular complexity index is 1050. The summed E-state index contributed by atoms with van der Waals surface area (Å²) in [4.78, 5) is 32.6. The molecule has 1 unspecified atom stereocenters. The van der Waals surface area contributed by atoms with Crippen molar-refractivity contribution < 1.29 is 4.79 Å². The van der Waals surface area contributed by atoms with Gasteiger partial charge in [-0.25, -0.2) is 4.98 Å². The van der Waals surface area contributed by atoms with Gasteiger partial charge < -0.3 is 10.2 Å². The third kappa shape index (κ3) is 4.37. The number of benzene rings is 1. The SMILES string of the molecule is Cc1ccc(-c2csc3ncn(CCC(=O)N(C)C4CCNC4)c(=O)c23)cc1.Cl. The lowest BCUT2D eigenvalue weighted by Gasteiger charge is -2.23. The number of hydrogen-bond acceptors (Lipinski definition) is 5. The first-order valence-corrected chi connectivity index (χ1v) is 10.4. The molecule has 1 atom stereocenters. The first-order chi connectivity index (χ1) is 13.5. The van der Waals surface area contributed by atoms with Crippen LogP contribution in [0.2, 0.25) is 0 Å². The number of nitrogens with one attached hydrogen (secondary N) is 1. The van der Waals surface area contributed by atoms with E-state index in [1.807, 2.05) is 43.6 Å². The monoisotopic (exact) mass is 432 g/mol. The van der Waals surface area contributed by atoms with E-state index in [9.17, 15) is 9.59 Å². The lowest BCUT2D eigenvalue weighted by molar-refractivity contribution is -0.131. The van der Waals surface area contributed by atoms with Gasteiger partial charge in [0, 0.05) is 43.5 Å². The molecular weight excluding hydrogens is 408 g/mol. The molecule has 1 aliphatic rings. The van der Waals surface area contributed by atoms with E-state index in [0.717, 1.165) is 35.5 Å². The largest absolute Gasteiger partial charge is 0.341 e. The van der Waals surface area contributed by atoms with Gasteiger partial charge in [-0.15, -0.1) is 23.7 Å². The maximum absolute atomic E-state index is 13.1. The van der Waals surface area contributed by atoms with Crippen molar-refractivity contribution >= 4 is 39.9 Å². The molecule has 1 fully saturated rings. The first kappa shape index (κ1) is 21.5. The molecule has 3 aromatic rings. The summed E-state index contributed by atoms with van der Waals surface area (Å²) < 4.78 is 1.56. The zero-order valence-electron chi connectivity index (χ0n) is 16.6. The molecule has 0 saturated carbocycles. The fraction of sp³-hybridized carbons (Fsp3) is 0.381. The van der Waals surface area contributed by atoms with Crippen molar-refractivity contribution in [2.45, 2.75) is 32.4 Å². The second-order valence-corrected chi connectivity index (χ2v) is 8.20. The maximum atomic E-state index is 13.1. The molecule has 6 nitrogen and oxygen atoms in total. The van der Waals surface area contributed by atoms with Crippen molar-refractivity contribution in [3.8, 4) is 11.1 Å². The van der Waals surface area contributed by atoms with E-state index in [2.05, 4.69) is 10.3 Å². The molecule has 29 heavy (non-hydrogen) atoms. The van der Waals surface area contributed by atoms with E-state index in [1.54, 1.807) is 15.8 Å². The Labute approximate surface area is 180 Å². The van der Waals surface area contributed by atoms with E-state index in [1.165, 1.54) is 16.9 Å². The van der Waals surface area contributed by atoms with Crippen LogP contribution in [0.25, 0.3) is 21.3 Å². The first-order valence-electron chi connectivity index (χ1n) is 9.54. The molecule has 3 heterocycles. The van der Waals surface area contributed by atoms with Crippen LogP contribution in [-0.4, -0.2) is 46.5 Å². The van der Waals surface area contributed by atoms with Crippen LogP contribution in [0.15, 0.2) is 40.8 Å². The number of fused-ring (bicyclic) bond motifs is 1. The summed E-state index contributed by atoms with van der Waals surface area (Å²) in [6.07, 6.45) is 2.83. The van der Waals surface area contributed by atoms with Crippen molar-refractivity contribution in [3.63, 3.8) is 0 Å². The van der Waals surface area contributed by atoms with Gasteiger partial charge in [0.05, 0.1) is 11.7 Å². The number of amides is 1. The van der Waals surface area contributed by atoms with Crippen molar-refractivity contribution in [1.82, 2.24) is 19.8 Å². The van der Waals surface area contributed by atoms with Crippen LogP contribution in [0.1, 0.15) is 18.4 Å². The number of hydrogen-bond donors (Lipinski definition) is 1. The van der Waals surface area contributed by atoms with E-state index in [0.29, 0.717) is 18.4 Å². The van der Waals surface area contributed by atoms with Gasteiger partial charge in [-0.05, 0) is 25.5 Å². The van der Waals surface area contributed by atoms with Crippen LogP contribution in [-0.2, 0) is 11.3 Å². The number of carbonyl (C=O) groups excluding carboxylic acids is 1. The summed E-state index contributed by atoms with van der Waals surface area (Å²) in [6, 6.07) is 8.39. The third-order valence-electron chi connectivity index (χ3n) is 5.47. The Morgan fingerprint density at radius 1 is 1.34 bits per heavy atom. The summed E-state index contributed by atoms with van der Waals surface area (Å²) >= 11 is 1.48. The summed E-state index contributed by atoms with van der Waals surface area (Å²) in [5, 5.41) is 5.90. The highest BCUT2D eigenvalue weighted by molar-refractivity contribution is 7.17. The lowest BCUT2D eigenvalue weighted by Crippen LogP contribution is -2.39. The van der Waals surface area contributed by atoms with Crippen LogP contribution >= 0.6 is 23.7 Å². The highest BCUT2D eigenvalue weighted by atomic mass is 35.5. The van der Waals surface area contributed by atoms with Crippen molar-refractivity contribution in [2.75, 3.05) is 20.1 Å². The Balaban J connectivity index is 0.00000240. The number of carbonyl (C=O) groups is 1. The Morgan fingerprint density at radius 2 is 2.10 bits per heavy atom. The predicted octanol–water partition coefficient (Wildman–Crippen LogP) is 3.07. The zero-order valence-corrected chi connectivity index (χ0v) is 18.2. The van der Waals surface area contributed by atoms with E-state index >= 15 is 0 Å². The molecule has 0 radical (unpaired) electrons. The smallest absolute Gasteiger partial charge is 0.262 e. The number of halogens is 1. The molecule has 4 rings (SSSR count). The van der Waals surface area contributed by atoms with Gasteiger partial charge >= 0.3 is 0 Å². The van der Waals surface area contributed by atoms with Crippen molar-refractivity contribution in [3.05, 3.63) is 51.9 Å². The lowest BCUT2D eigenvalue weighted by atomic mass is 10.1. The Morgan fingerprint density at radius 3 is 2.79 bits per heavy atom. The third-order valence-corrected chi connectivity index (χ3v) is 6.35. The fourth-order valence-electron chi connectivity index (χ4n) is 3.64. The Hall–Kier alpha value is -2.22. The summed E-state index contributed by atoms with van der Waals surface area (Å²) in [5.41, 5.74) is 3.02. The highest BCUT2D eigenvalue weighted by Gasteiger charge is 2.23. The molecule has 0 bridgehead atoms. The molecule has 1 N–H and O–H groups in total. The molecule has 0 aliphatic carbocycles. The molecule has 1 amide bonds. The van der Waals surface area contributed by atoms with Gasteiger partial charge in [0.1, 0.15) is 4.83 Å². The number of aromatic nitrogens is 2. The zero-order chi connectivity index (χ0) is 19.7. The minimum atomic E-state index is -0.0835. The van der Waals surface area contributed by atoms with Crippen LogP contribution in [0, 0.1) is 6.92 Å². The number of thiophene rings is 1. The van der Waals surface area contributed by atoms with E-state index < -0.39 is 0 Å². The molecule has 8 heteroatoms. The van der Waals surface area contributed by atoms with Crippen LogP contribution in [0.3, 0.4) is 0 Å². The second kappa shape index (κ2) is 9.07. The van der Waals surface area contributed by atoms with Gasteiger partial charge in [-0.2, -0.15) is 0 Å². The Kier molecular flexibility index (Phi) is 6.72. The quantitative estimate of drug-likeness (QED) is 0.672. The van der Waals surface area contributed by atoms with Gasteiger partial charge in [0.2, 0.25) is 5.91 Å². The standard InChI is InChI=1S/C21H24N4O2S.ClH/c1-14-3-5-15(6-4-14)17-12-28-20-19(17)21(27)25(13-23-20)10-8-18(26)24(2)16-7-9-22-11-16;/h3-6,12-13,16,22H,7-11H2,1-2H3;1H. The van der Waals surface area contributed by atoms with Gasteiger partial charge in [-0.1, -0.05) is 29.8 Å². The highest BCUT2D eigenvalue weighted by Crippen LogP contribution is 2.30. The molecular formula is C21H25ClN4O2S. The van der Waals surface area contributed by atoms with Gasteiger partial charge in [0.15, 0.2) is 0 Å². The van der Waals surface area contributed by atoms with Gasteiger partial charge in [-0.3, -0.25) is 14.2 Å². The normalized spacial score (nSPS) is 16.0.